The average Bonchev–Trinajstić information content (AvgIpc) is 3.11. The summed E-state index contributed by atoms with van der Waals surface area (Å²) in [6.07, 6.45) is 4.81. The third-order valence-corrected chi connectivity index (χ3v) is 3.71. The average molecular weight is 309 g/mol. The number of rotatable bonds is 3. The molecule has 0 spiro atoms. The van der Waals surface area contributed by atoms with Crippen LogP contribution in [0.5, 0.6) is 0 Å². The van der Waals surface area contributed by atoms with Gasteiger partial charge in [0.2, 0.25) is 18.1 Å². The van der Waals surface area contributed by atoms with E-state index < -0.39 is 5.54 Å². The van der Waals surface area contributed by atoms with Gasteiger partial charge in [-0.15, -0.1) is 12.4 Å². The van der Waals surface area contributed by atoms with Gasteiger partial charge in [-0.2, -0.15) is 4.98 Å². The second kappa shape index (κ2) is 6.24. The van der Waals surface area contributed by atoms with E-state index in [-0.39, 0.29) is 18.3 Å². The highest BCUT2D eigenvalue weighted by atomic mass is 35.5. The third-order valence-electron chi connectivity index (χ3n) is 3.71. The zero-order valence-corrected chi connectivity index (χ0v) is 12.2. The van der Waals surface area contributed by atoms with Crippen molar-refractivity contribution in [3.63, 3.8) is 0 Å². The zero-order chi connectivity index (χ0) is 14.0. The number of benzene rings is 1. The minimum Gasteiger partial charge on any atom is -0.342 e. The molecular formula is C14H17ClN4O2. The number of nitrogens with two attached hydrogens (primary N) is 1. The van der Waals surface area contributed by atoms with E-state index in [1.165, 1.54) is 6.39 Å². The molecule has 0 unspecified atom stereocenters. The van der Waals surface area contributed by atoms with Gasteiger partial charge >= 0.3 is 0 Å². The van der Waals surface area contributed by atoms with Crippen LogP contribution in [0.4, 0.5) is 5.69 Å². The van der Waals surface area contributed by atoms with Crippen molar-refractivity contribution in [3.05, 3.63) is 30.7 Å². The molecule has 1 amide bonds. The minimum absolute atomic E-state index is 0. The number of nitrogens with one attached hydrogen (secondary N) is 1. The minimum atomic E-state index is -0.716. The summed E-state index contributed by atoms with van der Waals surface area (Å²) in [5.41, 5.74) is 6.95. The smallest absolute Gasteiger partial charge is 0.244 e. The van der Waals surface area contributed by atoms with Gasteiger partial charge in [0, 0.05) is 11.3 Å². The van der Waals surface area contributed by atoms with Gasteiger partial charge in [0.15, 0.2) is 0 Å². The summed E-state index contributed by atoms with van der Waals surface area (Å²) in [6, 6.07) is 7.28. The van der Waals surface area contributed by atoms with Crippen molar-refractivity contribution in [2.24, 2.45) is 5.73 Å². The molecule has 0 saturated heterocycles. The number of hydrogen-bond donors (Lipinski definition) is 2. The highest BCUT2D eigenvalue weighted by molar-refractivity contribution is 5.98. The third kappa shape index (κ3) is 3.22. The first-order valence-electron chi connectivity index (χ1n) is 6.64. The molecule has 1 fully saturated rings. The van der Waals surface area contributed by atoms with Crippen LogP contribution in [0.15, 0.2) is 35.2 Å². The standard InChI is InChI=1S/C14H16N4O2.ClH/c15-14(7-1-2-8-14)13(19)17-11-5-3-10(4-6-11)12-16-9-20-18-12;/h3-6,9H,1-2,7-8,15H2,(H,17,19);1H. The van der Waals surface area contributed by atoms with E-state index in [1.807, 2.05) is 24.3 Å². The molecule has 1 heterocycles. The van der Waals surface area contributed by atoms with Crippen LogP contribution in [0, 0.1) is 0 Å². The topological polar surface area (TPSA) is 94.0 Å². The second-order valence-electron chi connectivity index (χ2n) is 5.15. The van der Waals surface area contributed by atoms with Gasteiger partial charge in [-0.3, -0.25) is 4.79 Å². The van der Waals surface area contributed by atoms with Crippen molar-refractivity contribution < 1.29 is 9.32 Å². The lowest BCUT2D eigenvalue weighted by Crippen LogP contribution is -2.48. The van der Waals surface area contributed by atoms with E-state index in [2.05, 4.69) is 15.5 Å². The molecule has 1 aliphatic rings. The van der Waals surface area contributed by atoms with Gasteiger partial charge in [-0.05, 0) is 37.1 Å². The molecule has 7 heteroatoms. The van der Waals surface area contributed by atoms with E-state index >= 15 is 0 Å². The van der Waals surface area contributed by atoms with Crippen LogP contribution in [0.1, 0.15) is 25.7 Å². The van der Waals surface area contributed by atoms with Gasteiger partial charge in [0.25, 0.3) is 0 Å². The number of carbonyl (C=O) groups excluding carboxylic acids is 1. The molecule has 1 aromatic heterocycles. The molecule has 21 heavy (non-hydrogen) atoms. The van der Waals surface area contributed by atoms with Crippen molar-refractivity contribution >= 4 is 24.0 Å². The summed E-state index contributed by atoms with van der Waals surface area (Å²) in [5.74, 6) is 0.413. The first-order valence-corrected chi connectivity index (χ1v) is 6.64. The Kier molecular flexibility index (Phi) is 4.59. The molecule has 112 valence electrons. The quantitative estimate of drug-likeness (QED) is 0.907. The summed E-state index contributed by atoms with van der Waals surface area (Å²) in [5, 5.41) is 6.63. The van der Waals surface area contributed by atoms with Crippen LogP contribution < -0.4 is 11.1 Å². The molecule has 0 bridgehead atoms. The molecule has 3 rings (SSSR count). The Morgan fingerprint density at radius 1 is 1.24 bits per heavy atom. The maximum Gasteiger partial charge on any atom is 0.244 e. The number of anilines is 1. The fourth-order valence-corrected chi connectivity index (χ4v) is 2.49. The van der Waals surface area contributed by atoms with Crippen molar-refractivity contribution in [1.29, 1.82) is 0 Å². The van der Waals surface area contributed by atoms with E-state index in [0.29, 0.717) is 5.82 Å². The molecule has 1 aliphatic carbocycles. The molecule has 0 aliphatic heterocycles. The molecule has 0 radical (unpaired) electrons. The lowest BCUT2D eigenvalue weighted by Gasteiger charge is -2.22. The predicted octanol–water partition coefficient (Wildman–Crippen LogP) is 2.37. The van der Waals surface area contributed by atoms with Gasteiger partial charge in [0.05, 0.1) is 5.54 Å². The summed E-state index contributed by atoms with van der Waals surface area (Å²) in [4.78, 5) is 16.1. The van der Waals surface area contributed by atoms with E-state index in [9.17, 15) is 4.79 Å². The van der Waals surface area contributed by atoms with Crippen molar-refractivity contribution in [3.8, 4) is 11.4 Å². The van der Waals surface area contributed by atoms with Crippen LogP contribution in [-0.4, -0.2) is 21.6 Å². The lowest BCUT2D eigenvalue weighted by molar-refractivity contribution is -0.121. The summed E-state index contributed by atoms with van der Waals surface area (Å²) < 4.78 is 4.70. The summed E-state index contributed by atoms with van der Waals surface area (Å²) in [7, 11) is 0. The number of nitrogens with zero attached hydrogens (tertiary/aromatic N) is 2. The fraction of sp³-hybridized carbons (Fsp3) is 0.357. The predicted molar refractivity (Wildman–Crippen MR) is 81.0 cm³/mol. The van der Waals surface area contributed by atoms with Crippen molar-refractivity contribution in [2.45, 2.75) is 31.2 Å². The van der Waals surface area contributed by atoms with Gasteiger partial charge in [-0.1, -0.05) is 18.0 Å². The first kappa shape index (κ1) is 15.5. The first-order chi connectivity index (χ1) is 9.67. The Morgan fingerprint density at radius 2 is 1.90 bits per heavy atom. The van der Waals surface area contributed by atoms with Gasteiger partial charge in [0.1, 0.15) is 0 Å². The van der Waals surface area contributed by atoms with E-state index in [1.54, 1.807) is 0 Å². The Morgan fingerprint density at radius 3 is 2.48 bits per heavy atom. The Bertz CT molecular complexity index is 592. The van der Waals surface area contributed by atoms with Crippen LogP contribution >= 0.6 is 12.4 Å². The van der Waals surface area contributed by atoms with Crippen LogP contribution in [0.25, 0.3) is 11.4 Å². The molecule has 0 atom stereocenters. The highest BCUT2D eigenvalue weighted by Crippen LogP contribution is 2.28. The number of carbonyl (C=O) groups is 1. The van der Waals surface area contributed by atoms with Gasteiger partial charge < -0.3 is 15.6 Å². The molecular weight excluding hydrogens is 292 g/mol. The second-order valence-corrected chi connectivity index (χ2v) is 5.15. The molecule has 1 saturated carbocycles. The number of aromatic nitrogens is 2. The van der Waals surface area contributed by atoms with Crippen molar-refractivity contribution in [1.82, 2.24) is 10.1 Å². The SMILES string of the molecule is Cl.NC1(C(=O)Nc2ccc(-c3ncon3)cc2)CCCC1. The largest absolute Gasteiger partial charge is 0.342 e. The highest BCUT2D eigenvalue weighted by Gasteiger charge is 2.36. The van der Waals surface area contributed by atoms with Crippen LogP contribution in [0.2, 0.25) is 0 Å². The van der Waals surface area contributed by atoms with Crippen LogP contribution in [-0.2, 0) is 4.79 Å². The maximum atomic E-state index is 12.2. The number of halogens is 1. The van der Waals surface area contributed by atoms with Gasteiger partial charge in [-0.25, -0.2) is 0 Å². The van der Waals surface area contributed by atoms with E-state index in [0.717, 1.165) is 36.9 Å². The number of hydrogen-bond acceptors (Lipinski definition) is 5. The number of amides is 1. The maximum absolute atomic E-state index is 12.2. The van der Waals surface area contributed by atoms with E-state index in [4.69, 9.17) is 10.3 Å². The Balaban J connectivity index is 0.00000161. The molecule has 2 aromatic rings. The Labute approximate surface area is 128 Å². The van der Waals surface area contributed by atoms with Crippen molar-refractivity contribution in [2.75, 3.05) is 5.32 Å². The lowest BCUT2D eigenvalue weighted by atomic mass is 9.98. The molecule has 1 aromatic carbocycles. The molecule has 6 nitrogen and oxygen atoms in total. The fourth-order valence-electron chi connectivity index (χ4n) is 2.49. The normalized spacial score (nSPS) is 16.2. The monoisotopic (exact) mass is 308 g/mol. The summed E-state index contributed by atoms with van der Waals surface area (Å²) in [6.45, 7) is 0. The zero-order valence-electron chi connectivity index (χ0n) is 11.4. The Hall–Kier alpha value is -1.92. The molecule has 3 N–H and O–H groups in total. The van der Waals surface area contributed by atoms with Crippen LogP contribution in [0.3, 0.4) is 0 Å². The summed E-state index contributed by atoms with van der Waals surface area (Å²) >= 11 is 0.